The van der Waals surface area contributed by atoms with Gasteiger partial charge in [-0.1, -0.05) is 102 Å². The van der Waals surface area contributed by atoms with Gasteiger partial charge in [0.25, 0.3) is 5.91 Å². The Morgan fingerprint density at radius 1 is 0.763 bits per heavy atom. The SMILES string of the molecule is COC(=O)N[C@H](C(=O)N[C@@H](Cc1ccccc1)[C@H](CN(Cc1ccc(-c2ccccn2)cc1)NC(=O)[C@@H](NC(=O)OC)C(C)(C)C)OC(=O)[C@@H](N)CCSC)C(C)(C)C. The summed E-state index contributed by atoms with van der Waals surface area (Å²) in [6.45, 7) is 10.8. The minimum Gasteiger partial charge on any atom is -0.458 e. The van der Waals surface area contributed by atoms with Crippen molar-refractivity contribution in [2.75, 3.05) is 32.8 Å². The van der Waals surface area contributed by atoms with E-state index in [1.165, 1.54) is 26.0 Å². The van der Waals surface area contributed by atoms with Crippen LogP contribution in [0.15, 0.2) is 79.0 Å². The molecule has 0 aliphatic carbocycles. The van der Waals surface area contributed by atoms with Gasteiger partial charge in [0.1, 0.15) is 24.2 Å². The summed E-state index contributed by atoms with van der Waals surface area (Å²) in [4.78, 5) is 71.6. The van der Waals surface area contributed by atoms with E-state index in [1.807, 2.05) is 79.1 Å². The van der Waals surface area contributed by atoms with Crippen LogP contribution < -0.4 is 27.1 Å². The van der Waals surface area contributed by atoms with Gasteiger partial charge >= 0.3 is 18.2 Å². The molecule has 0 unspecified atom stereocenters. The molecule has 0 saturated heterocycles. The van der Waals surface area contributed by atoms with Crippen molar-refractivity contribution in [3.05, 3.63) is 90.1 Å². The van der Waals surface area contributed by atoms with Crippen molar-refractivity contribution in [1.29, 1.82) is 0 Å². The second-order valence-electron chi connectivity index (χ2n) is 16.3. The molecule has 0 bridgehead atoms. The Hall–Kier alpha value is -5.19. The summed E-state index contributed by atoms with van der Waals surface area (Å²) in [5.41, 5.74) is 11.0. The van der Waals surface area contributed by atoms with Crippen LogP contribution in [0.1, 0.15) is 59.1 Å². The summed E-state index contributed by atoms with van der Waals surface area (Å²) in [6, 6.07) is 18.6. The van der Waals surface area contributed by atoms with E-state index in [1.54, 1.807) is 52.7 Å². The maximum Gasteiger partial charge on any atom is 0.407 e. The minimum absolute atomic E-state index is 0.108. The molecule has 3 aromatic rings. The molecule has 0 saturated carbocycles. The van der Waals surface area contributed by atoms with Gasteiger partial charge in [-0.05, 0) is 58.9 Å². The van der Waals surface area contributed by atoms with Gasteiger partial charge in [0, 0.05) is 18.3 Å². The van der Waals surface area contributed by atoms with Crippen molar-refractivity contribution < 1.29 is 38.2 Å². The Balaban J connectivity index is 2.16. The van der Waals surface area contributed by atoms with Gasteiger partial charge in [-0.15, -0.1) is 0 Å². The molecule has 0 aliphatic heterocycles. The fourth-order valence-corrected chi connectivity index (χ4v) is 6.57. The summed E-state index contributed by atoms with van der Waals surface area (Å²) >= 11 is 1.54. The molecule has 0 radical (unpaired) electrons. The second kappa shape index (κ2) is 22.8. The summed E-state index contributed by atoms with van der Waals surface area (Å²) in [7, 11) is 2.42. The van der Waals surface area contributed by atoms with E-state index in [9.17, 15) is 24.0 Å². The number of hydrogen-bond acceptors (Lipinski definition) is 12. The number of carbonyl (C=O) groups is 5. The quantitative estimate of drug-likeness (QED) is 0.0626. The largest absolute Gasteiger partial charge is 0.458 e. The van der Waals surface area contributed by atoms with Crippen LogP contribution in [-0.2, 0) is 41.6 Å². The third-order valence-corrected chi connectivity index (χ3v) is 10.0. The highest BCUT2D eigenvalue weighted by atomic mass is 32.2. The van der Waals surface area contributed by atoms with Gasteiger partial charge in [0.05, 0.1) is 32.5 Å². The van der Waals surface area contributed by atoms with Crippen LogP contribution in [0.25, 0.3) is 11.3 Å². The highest BCUT2D eigenvalue weighted by molar-refractivity contribution is 7.98. The molecule has 3 rings (SSSR count). The fraction of sp³-hybridized carbons (Fsp3) is 0.488. The normalized spacial score (nSPS) is 14.2. The first kappa shape index (κ1) is 48.2. The maximum atomic E-state index is 14.3. The van der Waals surface area contributed by atoms with Crippen molar-refractivity contribution in [2.24, 2.45) is 16.6 Å². The third-order valence-electron chi connectivity index (χ3n) is 9.39. The van der Waals surface area contributed by atoms with E-state index in [4.69, 9.17) is 19.9 Å². The molecule has 5 atom stereocenters. The molecule has 0 spiro atoms. The molecule has 2 aromatic carbocycles. The number of carbonyl (C=O) groups excluding carboxylic acids is 5. The number of hydrazine groups is 1. The number of nitrogens with zero attached hydrogens (tertiary/aromatic N) is 2. The number of pyridine rings is 1. The Bertz CT molecular complexity index is 1800. The zero-order chi connectivity index (χ0) is 43.8. The van der Waals surface area contributed by atoms with Crippen LogP contribution in [0, 0.1) is 10.8 Å². The number of hydrogen-bond donors (Lipinski definition) is 5. The minimum atomic E-state index is -1.12. The lowest BCUT2D eigenvalue weighted by molar-refractivity contribution is -0.155. The Labute approximate surface area is 352 Å². The van der Waals surface area contributed by atoms with Crippen LogP contribution in [0.4, 0.5) is 9.59 Å². The number of nitrogens with one attached hydrogen (secondary N) is 4. The number of nitrogens with two attached hydrogens (primary N) is 1. The van der Waals surface area contributed by atoms with Crippen LogP contribution in [0.2, 0.25) is 0 Å². The molecule has 6 N–H and O–H groups in total. The number of rotatable bonds is 19. The molecular formula is C43H61N7O8S. The van der Waals surface area contributed by atoms with Gasteiger partial charge in [0.2, 0.25) is 5.91 Å². The summed E-state index contributed by atoms with van der Waals surface area (Å²) in [5.74, 6) is -1.20. The predicted octanol–water partition coefficient (Wildman–Crippen LogP) is 4.84. The standard InChI is InChI=1S/C43H61N7O8S/c1-42(2,3)35(47-40(54)56-7)37(51)46-33(25-28-15-11-10-12-16-28)34(58-39(53)31(44)22-24-59-9)27-50(49-38(52)36(43(4,5)6)48-41(55)57-8)26-29-18-20-30(21-19-29)32-17-13-14-23-45-32/h10-21,23,31,33-36H,22,24-27,44H2,1-9H3,(H,46,51)(H,47,54)(H,48,55)(H,49,52)/t31-,33-,34-,35+,36+/m0/s1. The van der Waals surface area contributed by atoms with E-state index in [-0.39, 0.29) is 19.5 Å². The van der Waals surface area contributed by atoms with Crippen LogP contribution in [-0.4, -0.2) is 103 Å². The van der Waals surface area contributed by atoms with E-state index < -0.39 is 71.1 Å². The third kappa shape index (κ3) is 15.8. The van der Waals surface area contributed by atoms with Gasteiger partial charge < -0.3 is 35.9 Å². The smallest absolute Gasteiger partial charge is 0.407 e. The van der Waals surface area contributed by atoms with Crippen molar-refractivity contribution in [1.82, 2.24) is 31.4 Å². The average Bonchev–Trinajstić information content (AvgIpc) is 3.20. The fourth-order valence-electron chi connectivity index (χ4n) is 6.08. The molecule has 1 aromatic heterocycles. The average molecular weight is 836 g/mol. The Morgan fingerprint density at radius 3 is 1.86 bits per heavy atom. The molecule has 15 nitrogen and oxygen atoms in total. The summed E-state index contributed by atoms with van der Waals surface area (Å²) in [5, 5.41) is 9.93. The first-order chi connectivity index (χ1) is 27.9. The lowest BCUT2D eigenvalue weighted by Gasteiger charge is -2.37. The number of alkyl carbamates (subject to hydrolysis) is 2. The van der Waals surface area contributed by atoms with Gasteiger partial charge in [-0.2, -0.15) is 11.8 Å². The number of esters is 1. The first-order valence-corrected chi connectivity index (χ1v) is 20.8. The molecular weight excluding hydrogens is 775 g/mol. The second-order valence-corrected chi connectivity index (χ2v) is 17.3. The highest BCUT2D eigenvalue weighted by Crippen LogP contribution is 2.23. The number of ether oxygens (including phenoxy) is 3. The van der Waals surface area contributed by atoms with E-state index in [0.717, 1.165) is 22.4 Å². The zero-order valence-electron chi connectivity index (χ0n) is 35.6. The zero-order valence-corrected chi connectivity index (χ0v) is 36.4. The van der Waals surface area contributed by atoms with E-state index >= 15 is 0 Å². The van der Waals surface area contributed by atoms with Gasteiger partial charge in [-0.3, -0.25) is 24.8 Å². The Kier molecular flexibility index (Phi) is 18.6. The number of benzene rings is 2. The number of aromatic nitrogens is 1. The van der Waals surface area contributed by atoms with Gasteiger partial charge in [0.15, 0.2) is 0 Å². The van der Waals surface area contributed by atoms with Crippen LogP contribution >= 0.6 is 11.8 Å². The lowest BCUT2D eigenvalue weighted by atomic mass is 9.85. The maximum absolute atomic E-state index is 14.3. The predicted molar refractivity (Wildman–Crippen MR) is 229 cm³/mol. The van der Waals surface area contributed by atoms with Crippen LogP contribution in [0.3, 0.4) is 0 Å². The molecule has 322 valence electrons. The highest BCUT2D eigenvalue weighted by Gasteiger charge is 2.39. The summed E-state index contributed by atoms with van der Waals surface area (Å²) < 4.78 is 15.9. The monoisotopic (exact) mass is 835 g/mol. The molecule has 0 fully saturated rings. The molecule has 16 heteroatoms. The van der Waals surface area contributed by atoms with Crippen molar-refractivity contribution in [2.45, 2.75) is 91.2 Å². The molecule has 1 heterocycles. The number of thioether (sulfide) groups is 1. The topological polar surface area (TPSA) is 203 Å². The first-order valence-electron chi connectivity index (χ1n) is 19.4. The Morgan fingerprint density at radius 2 is 1.34 bits per heavy atom. The lowest BCUT2D eigenvalue weighted by Crippen LogP contribution is -2.61. The molecule has 59 heavy (non-hydrogen) atoms. The van der Waals surface area contributed by atoms with Crippen molar-refractivity contribution >= 4 is 41.7 Å². The van der Waals surface area contributed by atoms with Crippen molar-refractivity contribution in [3.63, 3.8) is 0 Å². The van der Waals surface area contributed by atoms with E-state index in [0.29, 0.717) is 12.2 Å². The van der Waals surface area contributed by atoms with Crippen LogP contribution in [0.5, 0.6) is 0 Å². The number of methoxy groups -OCH3 is 2. The van der Waals surface area contributed by atoms with E-state index in [2.05, 4.69) is 26.4 Å². The van der Waals surface area contributed by atoms with Gasteiger partial charge in [-0.25, -0.2) is 14.6 Å². The molecule has 0 aliphatic rings. The summed E-state index contributed by atoms with van der Waals surface area (Å²) in [6.07, 6.45) is 1.44. The van der Waals surface area contributed by atoms with Crippen molar-refractivity contribution in [3.8, 4) is 11.3 Å². The molecule has 4 amide bonds. The number of amides is 4.